The molecule has 3 heteroatoms. The normalized spacial score (nSPS) is 19.2. The summed E-state index contributed by atoms with van der Waals surface area (Å²) in [5, 5.41) is 0. The predicted molar refractivity (Wildman–Crippen MR) is 67.1 cm³/mol. The van der Waals surface area contributed by atoms with Crippen LogP contribution in [0.5, 0.6) is 0 Å². The maximum absolute atomic E-state index is 12.3. The number of hydrogen-bond donors (Lipinski definition) is 1. The van der Waals surface area contributed by atoms with Gasteiger partial charge in [0.15, 0.2) is 0 Å². The van der Waals surface area contributed by atoms with Crippen LogP contribution >= 0.6 is 0 Å². The number of nitrogens with zero attached hydrogens (tertiary/aromatic N) is 1. The van der Waals surface area contributed by atoms with E-state index < -0.39 is 5.54 Å². The van der Waals surface area contributed by atoms with Crippen molar-refractivity contribution in [3.05, 3.63) is 0 Å². The highest BCUT2D eigenvalue weighted by molar-refractivity contribution is 5.85. The second kappa shape index (κ2) is 5.67. The number of hydrogen-bond acceptors (Lipinski definition) is 2. The van der Waals surface area contributed by atoms with Crippen molar-refractivity contribution in [1.29, 1.82) is 0 Å². The zero-order valence-corrected chi connectivity index (χ0v) is 11.0. The molecule has 3 nitrogen and oxygen atoms in total. The number of nitrogens with two attached hydrogens (primary N) is 1. The van der Waals surface area contributed by atoms with E-state index in [1.165, 1.54) is 12.8 Å². The third kappa shape index (κ3) is 3.78. The van der Waals surface area contributed by atoms with Gasteiger partial charge in [0, 0.05) is 13.1 Å². The quantitative estimate of drug-likeness (QED) is 0.723. The van der Waals surface area contributed by atoms with Gasteiger partial charge in [-0.1, -0.05) is 20.3 Å². The molecule has 0 aromatic heterocycles. The van der Waals surface area contributed by atoms with E-state index in [0.717, 1.165) is 38.3 Å². The smallest absolute Gasteiger partial charge is 0.242 e. The summed E-state index contributed by atoms with van der Waals surface area (Å²) in [7, 11) is 0. The maximum atomic E-state index is 12.3. The van der Waals surface area contributed by atoms with Crippen molar-refractivity contribution in [2.24, 2.45) is 11.7 Å². The fraction of sp³-hybridized carbons (Fsp3) is 0.923. The molecule has 0 aromatic carbocycles. The van der Waals surface area contributed by atoms with Gasteiger partial charge in [-0.05, 0) is 38.5 Å². The summed E-state index contributed by atoms with van der Waals surface area (Å²) in [6, 6.07) is 0. The maximum Gasteiger partial charge on any atom is 0.242 e. The molecule has 94 valence electrons. The van der Waals surface area contributed by atoms with Crippen LogP contribution in [-0.2, 0) is 4.79 Å². The Kier molecular flexibility index (Phi) is 4.78. The molecule has 1 rings (SSSR count). The molecule has 1 aliphatic carbocycles. The minimum atomic E-state index is -0.668. The molecule has 0 heterocycles. The van der Waals surface area contributed by atoms with Crippen molar-refractivity contribution in [1.82, 2.24) is 4.90 Å². The van der Waals surface area contributed by atoms with Crippen LogP contribution in [0.1, 0.15) is 52.9 Å². The predicted octanol–water partition coefficient (Wildman–Crippen LogP) is 2.15. The fourth-order valence-electron chi connectivity index (χ4n) is 2.15. The van der Waals surface area contributed by atoms with E-state index in [9.17, 15) is 4.79 Å². The van der Waals surface area contributed by atoms with Crippen LogP contribution in [-0.4, -0.2) is 29.4 Å². The third-order valence-corrected chi connectivity index (χ3v) is 3.21. The van der Waals surface area contributed by atoms with E-state index in [2.05, 4.69) is 13.8 Å². The zero-order valence-electron chi connectivity index (χ0n) is 11.0. The molecular weight excluding hydrogens is 200 g/mol. The molecule has 1 fully saturated rings. The lowest BCUT2D eigenvalue weighted by atomic mass is 9.95. The largest absolute Gasteiger partial charge is 0.341 e. The molecule has 0 aromatic rings. The summed E-state index contributed by atoms with van der Waals surface area (Å²) >= 11 is 0. The van der Waals surface area contributed by atoms with Crippen LogP contribution < -0.4 is 5.73 Å². The molecule has 0 bridgehead atoms. The highest BCUT2D eigenvalue weighted by atomic mass is 16.2. The van der Waals surface area contributed by atoms with Crippen LogP contribution in [0.4, 0.5) is 0 Å². The summed E-state index contributed by atoms with van der Waals surface area (Å²) in [5.74, 6) is 0.885. The first-order valence-electron chi connectivity index (χ1n) is 6.59. The van der Waals surface area contributed by atoms with E-state index in [1.54, 1.807) is 0 Å². The van der Waals surface area contributed by atoms with Crippen molar-refractivity contribution < 1.29 is 4.79 Å². The summed E-state index contributed by atoms with van der Waals surface area (Å²) in [5.41, 5.74) is 5.44. The average Bonchev–Trinajstić information content (AvgIpc) is 3.00. The lowest BCUT2D eigenvalue weighted by Crippen LogP contribution is -2.53. The summed E-state index contributed by atoms with van der Waals surface area (Å²) < 4.78 is 0. The van der Waals surface area contributed by atoms with Gasteiger partial charge in [0.05, 0.1) is 5.54 Å². The van der Waals surface area contributed by atoms with Crippen LogP contribution in [0.15, 0.2) is 0 Å². The third-order valence-electron chi connectivity index (χ3n) is 3.21. The molecule has 0 aliphatic heterocycles. The molecule has 1 aliphatic rings. The van der Waals surface area contributed by atoms with Crippen LogP contribution in [0, 0.1) is 5.92 Å². The van der Waals surface area contributed by atoms with E-state index in [-0.39, 0.29) is 5.91 Å². The first-order valence-corrected chi connectivity index (χ1v) is 6.59. The van der Waals surface area contributed by atoms with Gasteiger partial charge in [-0.15, -0.1) is 0 Å². The van der Waals surface area contributed by atoms with Gasteiger partial charge in [-0.2, -0.15) is 0 Å². The van der Waals surface area contributed by atoms with Gasteiger partial charge in [0.25, 0.3) is 0 Å². The van der Waals surface area contributed by atoms with Gasteiger partial charge < -0.3 is 10.6 Å². The number of rotatable bonds is 7. The Labute approximate surface area is 99.4 Å². The Morgan fingerprint density at radius 3 is 2.44 bits per heavy atom. The molecule has 1 atom stereocenters. The van der Waals surface area contributed by atoms with E-state index >= 15 is 0 Å². The second-order valence-corrected chi connectivity index (χ2v) is 5.36. The molecular formula is C13H26N2O. The number of amides is 1. The molecule has 2 N–H and O–H groups in total. The van der Waals surface area contributed by atoms with Gasteiger partial charge in [-0.3, -0.25) is 4.79 Å². The highest BCUT2D eigenvalue weighted by Crippen LogP contribution is 2.30. The van der Waals surface area contributed by atoms with Gasteiger partial charge >= 0.3 is 0 Å². The average molecular weight is 226 g/mol. The molecule has 0 saturated heterocycles. The monoisotopic (exact) mass is 226 g/mol. The second-order valence-electron chi connectivity index (χ2n) is 5.36. The molecule has 0 spiro atoms. The SMILES string of the molecule is CCCN(CC1CC1)C(=O)C(C)(N)CCC. The fourth-order valence-corrected chi connectivity index (χ4v) is 2.15. The van der Waals surface area contributed by atoms with Crippen LogP contribution in [0.2, 0.25) is 0 Å². The minimum Gasteiger partial charge on any atom is -0.341 e. The summed E-state index contributed by atoms with van der Waals surface area (Å²) in [4.78, 5) is 14.3. The zero-order chi connectivity index (χ0) is 12.2. The van der Waals surface area contributed by atoms with E-state index in [4.69, 9.17) is 5.73 Å². The van der Waals surface area contributed by atoms with Gasteiger partial charge in [0.2, 0.25) is 5.91 Å². The van der Waals surface area contributed by atoms with Crippen molar-refractivity contribution >= 4 is 5.91 Å². The van der Waals surface area contributed by atoms with Gasteiger partial charge in [0.1, 0.15) is 0 Å². The Bertz CT molecular complexity index is 234. The van der Waals surface area contributed by atoms with E-state index in [0.29, 0.717) is 0 Å². The summed E-state index contributed by atoms with van der Waals surface area (Å²) in [6.45, 7) is 7.83. The lowest BCUT2D eigenvalue weighted by molar-refractivity contribution is -0.137. The highest BCUT2D eigenvalue weighted by Gasteiger charge is 2.34. The Morgan fingerprint density at radius 1 is 1.38 bits per heavy atom. The summed E-state index contributed by atoms with van der Waals surface area (Å²) in [6.07, 6.45) is 5.31. The van der Waals surface area contributed by atoms with Crippen molar-refractivity contribution in [2.75, 3.05) is 13.1 Å². The lowest BCUT2D eigenvalue weighted by Gasteiger charge is -2.31. The van der Waals surface area contributed by atoms with Crippen LogP contribution in [0.3, 0.4) is 0 Å². The molecule has 1 amide bonds. The molecule has 1 unspecified atom stereocenters. The van der Waals surface area contributed by atoms with Gasteiger partial charge in [-0.25, -0.2) is 0 Å². The molecule has 0 radical (unpaired) electrons. The molecule has 16 heavy (non-hydrogen) atoms. The molecule has 1 saturated carbocycles. The minimum absolute atomic E-state index is 0.142. The number of carbonyl (C=O) groups is 1. The standard InChI is InChI=1S/C13H26N2O/c1-4-8-13(3,14)12(16)15(9-5-2)10-11-6-7-11/h11H,4-10,14H2,1-3H3. The van der Waals surface area contributed by atoms with Crippen LogP contribution in [0.25, 0.3) is 0 Å². The Morgan fingerprint density at radius 2 is 2.00 bits per heavy atom. The number of carbonyl (C=O) groups excluding carboxylic acids is 1. The van der Waals surface area contributed by atoms with E-state index in [1.807, 2.05) is 11.8 Å². The first kappa shape index (κ1) is 13.5. The van der Waals surface area contributed by atoms with Crippen molar-refractivity contribution in [3.63, 3.8) is 0 Å². The Hall–Kier alpha value is -0.570. The topological polar surface area (TPSA) is 46.3 Å². The Balaban J connectivity index is 2.56. The van der Waals surface area contributed by atoms with Crippen molar-refractivity contribution in [3.8, 4) is 0 Å². The van der Waals surface area contributed by atoms with Crippen molar-refractivity contribution in [2.45, 2.75) is 58.4 Å². The first-order chi connectivity index (χ1) is 7.51.